The largest absolute Gasteiger partial charge is 0.495 e. The van der Waals surface area contributed by atoms with Crippen LogP contribution in [0.15, 0.2) is 88.8 Å². The predicted molar refractivity (Wildman–Crippen MR) is 129 cm³/mol. The first-order valence-corrected chi connectivity index (χ1v) is 11.3. The van der Waals surface area contributed by atoms with Gasteiger partial charge in [0.25, 0.3) is 5.56 Å². The first kappa shape index (κ1) is 21.6. The van der Waals surface area contributed by atoms with Crippen LogP contribution in [0.2, 0.25) is 0 Å². The minimum Gasteiger partial charge on any atom is -0.495 e. The number of aromatic nitrogens is 2. The summed E-state index contributed by atoms with van der Waals surface area (Å²) in [7, 11) is 1.56. The number of anilines is 1. The number of nitrogens with zero attached hydrogens (tertiary/aromatic N) is 3. The molecule has 0 aliphatic rings. The summed E-state index contributed by atoms with van der Waals surface area (Å²) in [6, 6.07) is 24.0. The Bertz CT molecular complexity index is 1300. The number of ether oxygens (including phenoxy) is 1. The van der Waals surface area contributed by atoms with Gasteiger partial charge in [-0.05, 0) is 43.3 Å². The van der Waals surface area contributed by atoms with Gasteiger partial charge in [-0.25, -0.2) is 4.98 Å². The topological polar surface area (TPSA) is 64.4 Å². The zero-order valence-electron chi connectivity index (χ0n) is 17.9. The van der Waals surface area contributed by atoms with Crippen LogP contribution in [0.3, 0.4) is 0 Å². The second-order valence-corrected chi connectivity index (χ2v) is 7.93. The molecule has 0 unspecified atom stereocenters. The second-order valence-electron chi connectivity index (χ2n) is 6.99. The lowest BCUT2D eigenvalue weighted by atomic mass is 10.2. The molecule has 0 aliphatic heterocycles. The number of carbonyl (C=O) groups is 1. The Balaban J connectivity index is 1.75. The Morgan fingerprint density at radius 2 is 1.69 bits per heavy atom. The Morgan fingerprint density at radius 1 is 1.00 bits per heavy atom. The maximum atomic E-state index is 13.4. The lowest BCUT2D eigenvalue weighted by Crippen LogP contribution is -2.32. The number of thioether (sulfide) groups is 1. The number of hydrogen-bond acceptors (Lipinski definition) is 5. The number of hydrogen-bond donors (Lipinski definition) is 0. The fourth-order valence-corrected chi connectivity index (χ4v) is 4.43. The normalized spacial score (nSPS) is 10.8. The van der Waals surface area contributed by atoms with Crippen LogP contribution in [0.5, 0.6) is 5.75 Å². The standard InChI is InChI=1S/C25H23N3O3S/c1-3-27(18-11-5-4-6-12-18)23(29)17-32-25-26-20-14-8-7-13-19(20)24(30)28(25)21-15-9-10-16-22(21)31-2/h4-16H,3,17H2,1-2H3. The summed E-state index contributed by atoms with van der Waals surface area (Å²) < 4.78 is 7.01. The molecule has 0 N–H and O–H groups in total. The van der Waals surface area contributed by atoms with Crippen molar-refractivity contribution in [3.8, 4) is 11.4 Å². The summed E-state index contributed by atoms with van der Waals surface area (Å²) in [6.45, 7) is 2.49. The Morgan fingerprint density at radius 3 is 2.44 bits per heavy atom. The number of methoxy groups -OCH3 is 1. The first-order valence-electron chi connectivity index (χ1n) is 10.3. The van der Waals surface area contributed by atoms with E-state index in [4.69, 9.17) is 9.72 Å². The average Bonchev–Trinajstić information content (AvgIpc) is 2.84. The highest BCUT2D eigenvalue weighted by atomic mass is 32.2. The van der Waals surface area contributed by atoms with Gasteiger partial charge in [-0.1, -0.05) is 54.2 Å². The number of fused-ring (bicyclic) bond motifs is 1. The third-order valence-corrected chi connectivity index (χ3v) is 6.00. The van der Waals surface area contributed by atoms with Crippen molar-refractivity contribution in [2.75, 3.05) is 24.3 Å². The summed E-state index contributed by atoms with van der Waals surface area (Å²) in [4.78, 5) is 32.9. The van der Waals surface area contributed by atoms with Crippen molar-refractivity contribution in [1.82, 2.24) is 9.55 Å². The highest BCUT2D eigenvalue weighted by Gasteiger charge is 2.19. The molecule has 0 saturated carbocycles. The van der Waals surface area contributed by atoms with E-state index in [0.717, 1.165) is 5.69 Å². The molecule has 0 bridgehead atoms. The van der Waals surface area contributed by atoms with Crippen molar-refractivity contribution in [2.24, 2.45) is 0 Å². The summed E-state index contributed by atoms with van der Waals surface area (Å²) in [5, 5.41) is 0.948. The number of benzene rings is 3. The second kappa shape index (κ2) is 9.70. The van der Waals surface area contributed by atoms with Crippen LogP contribution in [0.4, 0.5) is 5.69 Å². The average molecular weight is 446 g/mol. The summed E-state index contributed by atoms with van der Waals surface area (Å²) in [5.74, 6) is 0.639. The lowest BCUT2D eigenvalue weighted by Gasteiger charge is -2.21. The van der Waals surface area contributed by atoms with Gasteiger partial charge in [0.15, 0.2) is 5.16 Å². The van der Waals surface area contributed by atoms with Crippen LogP contribution >= 0.6 is 11.8 Å². The highest BCUT2D eigenvalue weighted by molar-refractivity contribution is 7.99. The Hall–Kier alpha value is -3.58. The quantitative estimate of drug-likeness (QED) is 0.309. The van der Waals surface area contributed by atoms with Crippen molar-refractivity contribution in [1.29, 1.82) is 0 Å². The van der Waals surface area contributed by atoms with Crippen molar-refractivity contribution in [3.63, 3.8) is 0 Å². The fourth-order valence-electron chi connectivity index (χ4n) is 3.55. The molecule has 0 radical (unpaired) electrons. The van der Waals surface area contributed by atoms with E-state index in [9.17, 15) is 9.59 Å². The molecule has 4 rings (SSSR count). The summed E-state index contributed by atoms with van der Waals surface area (Å²) in [5.41, 5.74) is 1.82. The van der Waals surface area contributed by atoms with E-state index in [2.05, 4.69) is 0 Å². The third-order valence-electron chi connectivity index (χ3n) is 5.08. The van der Waals surface area contributed by atoms with Crippen LogP contribution in [0.1, 0.15) is 6.92 Å². The van der Waals surface area contributed by atoms with E-state index >= 15 is 0 Å². The van der Waals surface area contributed by atoms with Gasteiger partial charge in [0.1, 0.15) is 5.75 Å². The van der Waals surface area contributed by atoms with Gasteiger partial charge in [0.05, 0.1) is 29.5 Å². The van der Waals surface area contributed by atoms with Gasteiger partial charge < -0.3 is 9.64 Å². The third kappa shape index (κ3) is 4.24. The molecule has 3 aromatic carbocycles. The molecule has 0 aliphatic carbocycles. The predicted octanol–water partition coefficient (Wildman–Crippen LogP) is 4.54. The molecule has 1 aromatic heterocycles. The van der Waals surface area contributed by atoms with Gasteiger partial charge in [0, 0.05) is 12.2 Å². The van der Waals surface area contributed by atoms with Crippen molar-refractivity contribution >= 4 is 34.3 Å². The maximum absolute atomic E-state index is 13.4. The molecule has 6 nitrogen and oxygen atoms in total. The van der Waals surface area contributed by atoms with Crippen molar-refractivity contribution < 1.29 is 9.53 Å². The maximum Gasteiger partial charge on any atom is 0.266 e. The number of amides is 1. The highest BCUT2D eigenvalue weighted by Crippen LogP contribution is 2.27. The molecular formula is C25H23N3O3S. The van der Waals surface area contributed by atoms with Crippen LogP contribution in [-0.2, 0) is 4.79 Å². The zero-order valence-corrected chi connectivity index (χ0v) is 18.7. The zero-order chi connectivity index (χ0) is 22.5. The smallest absolute Gasteiger partial charge is 0.266 e. The van der Waals surface area contributed by atoms with Crippen LogP contribution < -0.4 is 15.2 Å². The molecule has 1 heterocycles. The van der Waals surface area contributed by atoms with Gasteiger partial charge in [0.2, 0.25) is 5.91 Å². The molecule has 0 spiro atoms. The summed E-state index contributed by atoms with van der Waals surface area (Å²) >= 11 is 1.24. The number of para-hydroxylation sites is 4. The number of carbonyl (C=O) groups excluding carboxylic acids is 1. The van der Waals surface area contributed by atoms with Gasteiger partial charge in [-0.3, -0.25) is 14.2 Å². The molecular weight excluding hydrogens is 422 g/mol. The minimum atomic E-state index is -0.203. The molecule has 0 atom stereocenters. The molecule has 7 heteroatoms. The molecule has 0 saturated heterocycles. The minimum absolute atomic E-state index is 0.0577. The molecule has 1 amide bonds. The molecule has 162 valence electrons. The fraction of sp³-hybridized carbons (Fsp3) is 0.160. The van der Waals surface area contributed by atoms with E-state index in [1.165, 1.54) is 16.3 Å². The van der Waals surface area contributed by atoms with E-state index in [1.807, 2.05) is 67.6 Å². The van der Waals surface area contributed by atoms with E-state index in [0.29, 0.717) is 34.0 Å². The molecule has 0 fully saturated rings. The van der Waals surface area contributed by atoms with Gasteiger partial charge in [-0.2, -0.15) is 0 Å². The van der Waals surface area contributed by atoms with E-state index in [1.54, 1.807) is 30.2 Å². The van der Waals surface area contributed by atoms with Crippen LogP contribution in [0.25, 0.3) is 16.6 Å². The Labute approximate surface area is 190 Å². The molecule has 4 aromatic rings. The van der Waals surface area contributed by atoms with E-state index < -0.39 is 0 Å². The number of rotatable bonds is 7. The van der Waals surface area contributed by atoms with E-state index in [-0.39, 0.29) is 17.2 Å². The Kier molecular flexibility index (Phi) is 6.56. The lowest BCUT2D eigenvalue weighted by molar-refractivity contribution is -0.116. The monoisotopic (exact) mass is 445 g/mol. The van der Waals surface area contributed by atoms with Crippen LogP contribution in [-0.4, -0.2) is 34.9 Å². The summed E-state index contributed by atoms with van der Waals surface area (Å²) in [6.07, 6.45) is 0. The first-order chi connectivity index (χ1) is 15.6. The van der Waals surface area contributed by atoms with Gasteiger partial charge >= 0.3 is 0 Å². The SMILES string of the molecule is CCN(C(=O)CSc1nc2ccccc2c(=O)n1-c1ccccc1OC)c1ccccc1. The van der Waals surface area contributed by atoms with Crippen molar-refractivity contribution in [3.05, 3.63) is 89.2 Å². The molecule has 32 heavy (non-hydrogen) atoms. The van der Waals surface area contributed by atoms with Crippen molar-refractivity contribution in [2.45, 2.75) is 12.1 Å². The van der Waals surface area contributed by atoms with Crippen LogP contribution in [0, 0.1) is 0 Å². The van der Waals surface area contributed by atoms with Gasteiger partial charge in [-0.15, -0.1) is 0 Å².